The predicted molar refractivity (Wildman–Crippen MR) is 99.6 cm³/mol. The summed E-state index contributed by atoms with van der Waals surface area (Å²) >= 11 is 3.79. The van der Waals surface area contributed by atoms with Crippen LogP contribution in [-0.4, -0.2) is 67.8 Å². The van der Waals surface area contributed by atoms with Crippen molar-refractivity contribution in [3.63, 3.8) is 0 Å². The maximum absolute atomic E-state index is 5.53. The SMILES string of the molecule is CN=C(NCc1ccsc1)NCC1(N2CCOCC2)CCSC1. The maximum Gasteiger partial charge on any atom is 0.191 e. The van der Waals surface area contributed by atoms with Crippen molar-refractivity contribution in [1.82, 2.24) is 15.5 Å². The standard InChI is InChI=1S/C16H26N4OS2/c1-17-15(18-10-14-2-8-22-11-14)19-12-16(3-9-23-13-16)20-4-6-21-7-5-20/h2,8,11H,3-7,9-10,12-13H2,1H3,(H2,17,18,19). The van der Waals surface area contributed by atoms with Crippen molar-refractivity contribution in [3.05, 3.63) is 22.4 Å². The zero-order chi connectivity index (χ0) is 16.0. The minimum atomic E-state index is 0.244. The first-order valence-electron chi connectivity index (χ1n) is 8.18. The molecule has 0 amide bonds. The van der Waals surface area contributed by atoms with Gasteiger partial charge >= 0.3 is 0 Å². The lowest BCUT2D eigenvalue weighted by atomic mass is 9.95. The van der Waals surface area contributed by atoms with E-state index in [-0.39, 0.29) is 5.54 Å². The first-order chi connectivity index (χ1) is 11.3. The minimum Gasteiger partial charge on any atom is -0.379 e. The monoisotopic (exact) mass is 354 g/mol. The molecule has 2 aliphatic rings. The van der Waals surface area contributed by atoms with Gasteiger partial charge in [-0.25, -0.2) is 0 Å². The van der Waals surface area contributed by atoms with Crippen LogP contribution < -0.4 is 10.6 Å². The highest BCUT2D eigenvalue weighted by Crippen LogP contribution is 2.33. The number of hydrogen-bond acceptors (Lipinski definition) is 5. The van der Waals surface area contributed by atoms with E-state index in [9.17, 15) is 0 Å². The molecule has 1 atom stereocenters. The Kier molecular flexibility index (Phi) is 6.21. The second kappa shape index (κ2) is 8.37. The van der Waals surface area contributed by atoms with E-state index in [1.165, 1.54) is 23.5 Å². The third-order valence-electron chi connectivity index (χ3n) is 4.61. The summed E-state index contributed by atoms with van der Waals surface area (Å²) in [4.78, 5) is 6.99. The van der Waals surface area contributed by atoms with E-state index in [1.807, 2.05) is 7.05 Å². The van der Waals surface area contributed by atoms with Crippen LogP contribution in [0.5, 0.6) is 0 Å². The molecule has 23 heavy (non-hydrogen) atoms. The molecule has 2 N–H and O–H groups in total. The molecule has 0 bridgehead atoms. The zero-order valence-electron chi connectivity index (χ0n) is 13.7. The summed E-state index contributed by atoms with van der Waals surface area (Å²) in [6.45, 7) is 5.58. The summed E-state index contributed by atoms with van der Waals surface area (Å²) in [5, 5.41) is 11.2. The second-order valence-electron chi connectivity index (χ2n) is 6.04. The number of nitrogens with one attached hydrogen (secondary N) is 2. The summed E-state index contributed by atoms with van der Waals surface area (Å²) in [5.74, 6) is 3.34. The van der Waals surface area contributed by atoms with Crippen LogP contribution in [0.2, 0.25) is 0 Å². The van der Waals surface area contributed by atoms with Gasteiger partial charge in [0.05, 0.1) is 13.2 Å². The summed E-state index contributed by atoms with van der Waals surface area (Å²) in [7, 11) is 1.84. The summed E-state index contributed by atoms with van der Waals surface area (Å²) < 4.78 is 5.53. The van der Waals surface area contributed by atoms with Gasteiger partial charge in [-0.2, -0.15) is 23.1 Å². The Morgan fingerprint density at radius 2 is 2.26 bits per heavy atom. The van der Waals surface area contributed by atoms with E-state index >= 15 is 0 Å². The van der Waals surface area contributed by atoms with Crippen molar-refractivity contribution in [2.24, 2.45) is 4.99 Å². The topological polar surface area (TPSA) is 48.9 Å². The van der Waals surface area contributed by atoms with Gasteiger partial charge in [0.15, 0.2) is 5.96 Å². The maximum atomic E-state index is 5.53. The largest absolute Gasteiger partial charge is 0.379 e. The van der Waals surface area contributed by atoms with Crippen LogP contribution in [0.4, 0.5) is 0 Å². The molecule has 3 heterocycles. The van der Waals surface area contributed by atoms with Crippen molar-refractivity contribution in [2.45, 2.75) is 18.5 Å². The fourth-order valence-corrected chi connectivity index (χ4v) is 5.33. The molecule has 2 saturated heterocycles. The van der Waals surface area contributed by atoms with Gasteiger partial charge in [0.25, 0.3) is 0 Å². The van der Waals surface area contributed by atoms with Crippen molar-refractivity contribution >= 4 is 29.1 Å². The number of aliphatic imine (C=N–C) groups is 1. The van der Waals surface area contributed by atoms with Crippen LogP contribution in [-0.2, 0) is 11.3 Å². The number of guanidine groups is 1. The Morgan fingerprint density at radius 3 is 2.91 bits per heavy atom. The summed E-state index contributed by atoms with van der Waals surface area (Å²) in [6.07, 6.45) is 1.24. The molecule has 1 aromatic heterocycles. The van der Waals surface area contributed by atoms with Crippen LogP contribution in [0.1, 0.15) is 12.0 Å². The highest BCUT2D eigenvalue weighted by Gasteiger charge is 2.40. The third kappa shape index (κ3) is 4.41. The Balaban J connectivity index is 1.54. The average Bonchev–Trinajstić information content (AvgIpc) is 3.28. The van der Waals surface area contributed by atoms with Gasteiger partial charge < -0.3 is 15.4 Å². The number of ether oxygens (including phenoxy) is 1. The first-order valence-corrected chi connectivity index (χ1v) is 10.3. The summed E-state index contributed by atoms with van der Waals surface area (Å²) in [6, 6.07) is 2.15. The number of rotatable bonds is 5. The van der Waals surface area contributed by atoms with Gasteiger partial charge in [-0.1, -0.05) is 0 Å². The molecule has 0 aliphatic carbocycles. The van der Waals surface area contributed by atoms with E-state index in [0.29, 0.717) is 0 Å². The van der Waals surface area contributed by atoms with Crippen molar-refractivity contribution in [2.75, 3.05) is 51.4 Å². The van der Waals surface area contributed by atoms with Crippen LogP contribution >= 0.6 is 23.1 Å². The molecule has 5 nitrogen and oxygen atoms in total. The Hall–Kier alpha value is -0.760. The fourth-order valence-electron chi connectivity index (χ4n) is 3.18. The van der Waals surface area contributed by atoms with E-state index in [0.717, 1.165) is 45.4 Å². The summed E-state index contributed by atoms with van der Waals surface area (Å²) in [5.41, 5.74) is 1.55. The molecule has 0 radical (unpaired) electrons. The van der Waals surface area contributed by atoms with E-state index in [1.54, 1.807) is 11.3 Å². The number of hydrogen-bond donors (Lipinski definition) is 2. The lowest BCUT2D eigenvalue weighted by Gasteiger charge is -2.43. The molecule has 0 aromatic carbocycles. The molecule has 3 rings (SSSR count). The van der Waals surface area contributed by atoms with Crippen LogP contribution in [0.3, 0.4) is 0 Å². The van der Waals surface area contributed by atoms with Gasteiger partial charge in [0.1, 0.15) is 0 Å². The van der Waals surface area contributed by atoms with Gasteiger partial charge in [-0.05, 0) is 34.6 Å². The zero-order valence-corrected chi connectivity index (χ0v) is 15.3. The first kappa shape index (κ1) is 17.1. The highest BCUT2D eigenvalue weighted by molar-refractivity contribution is 7.99. The fraction of sp³-hybridized carbons (Fsp3) is 0.688. The van der Waals surface area contributed by atoms with Crippen LogP contribution in [0.15, 0.2) is 21.8 Å². The van der Waals surface area contributed by atoms with Gasteiger partial charge in [0, 0.05) is 44.5 Å². The molecule has 1 unspecified atom stereocenters. The van der Waals surface area contributed by atoms with E-state index in [4.69, 9.17) is 4.74 Å². The van der Waals surface area contributed by atoms with E-state index in [2.05, 4.69) is 49.1 Å². The number of thiophene rings is 1. The van der Waals surface area contributed by atoms with Crippen LogP contribution in [0.25, 0.3) is 0 Å². The van der Waals surface area contributed by atoms with Crippen molar-refractivity contribution in [1.29, 1.82) is 0 Å². The smallest absolute Gasteiger partial charge is 0.191 e. The molecular formula is C16H26N4OS2. The van der Waals surface area contributed by atoms with Crippen molar-refractivity contribution in [3.8, 4) is 0 Å². The molecular weight excluding hydrogens is 328 g/mol. The van der Waals surface area contributed by atoms with E-state index < -0.39 is 0 Å². The van der Waals surface area contributed by atoms with Crippen LogP contribution in [0, 0.1) is 0 Å². The lowest BCUT2D eigenvalue weighted by Crippen LogP contribution is -2.60. The second-order valence-corrected chi connectivity index (χ2v) is 7.92. The molecule has 0 spiro atoms. The van der Waals surface area contributed by atoms with Gasteiger partial charge in [-0.3, -0.25) is 9.89 Å². The highest BCUT2D eigenvalue weighted by atomic mass is 32.2. The number of thioether (sulfide) groups is 1. The molecule has 2 fully saturated rings. The quantitative estimate of drug-likeness (QED) is 0.622. The molecule has 128 valence electrons. The average molecular weight is 355 g/mol. The number of nitrogens with zero attached hydrogens (tertiary/aromatic N) is 2. The Labute approximate surface area is 146 Å². The normalized spacial score (nSPS) is 26.4. The lowest BCUT2D eigenvalue weighted by molar-refractivity contribution is -0.0120. The minimum absolute atomic E-state index is 0.244. The molecule has 1 aromatic rings. The number of morpholine rings is 1. The van der Waals surface area contributed by atoms with Crippen molar-refractivity contribution < 1.29 is 4.74 Å². The molecule has 2 aliphatic heterocycles. The molecule has 0 saturated carbocycles. The van der Waals surface area contributed by atoms with Gasteiger partial charge in [-0.15, -0.1) is 0 Å². The van der Waals surface area contributed by atoms with Gasteiger partial charge in [0.2, 0.25) is 0 Å². The predicted octanol–water partition coefficient (Wildman–Crippen LogP) is 1.62. The third-order valence-corrected chi connectivity index (χ3v) is 6.58. The Morgan fingerprint density at radius 1 is 1.39 bits per heavy atom. The Bertz CT molecular complexity index is 494. The molecule has 7 heteroatoms.